The molecule has 1 aliphatic heterocycles. The van der Waals surface area contributed by atoms with Gasteiger partial charge in [0.1, 0.15) is 5.60 Å². The summed E-state index contributed by atoms with van der Waals surface area (Å²) >= 11 is 0. The minimum absolute atomic E-state index is 0.307. The second-order valence-electron chi connectivity index (χ2n) is 4.94. The highest BCUT2D eigenvalue weighted by Crippen LogP contribution is 2.14. The molecule has 1 amide bonds. The van der Waals surface area contributed by atoms with Crippen molar-refractivity contribution in [1.29, 1.82) is 0 Å². The number of rotatable bonds is 1. The molecule has 1 fully saturated rings. The van der Waals surface area contributed by atoms with Gasteiger partial charge in [-0.3, -0.25) is 0 Å². The van der Waals surface area contributed by atoms with Crippen LogP contribution in [0.4, 0.5) is 4.79 Å². The highest BCUT2D eigenvalue weighted by Gasteiger charge is 2.25. The van der Waals surface area contributed by atoms with Gasteiger partial charge in [-0.25, -0.2) is 9.59 Å². The van der Waals surface area contributed by atoms with Gasteiger partial charge in [-0.15, -0.1) is 5.48 Å². The summed E-state index contributed by atoms with van der Waals surface area (Å²) in [7, 11) is 0. The molecule has 1 aliphatic rings. The molecule has 6 nitrogen and oxygen atoms in total. The second kappa shape index (κ2) is 5.86. The number of nitrogens with one attached hydrogen (secondary N) is 1. The smallest absolute Gasteiger partial charge is 0.441 e. The molecule has 1 heterocycles. The van der Waals surface area contributed by atoms with Crippen molar-refractivity contribution in [3.05, 3.63) is 0 Å². The van der Waals surface area contributed by atoms with Crippen molar-refractivity contribution in [1.82, 2.24) is 5.48 Å². The number of carbonyl (C=O) groups is 2. The van der Waals surface area contributed by atoms with Crippen LogP contribution in [0, 0.1) is 5.92 Å². The summed E-state index contributed by atoms with van der Waals surface area (Å²) in [4.78, 5) is 27.3. The van der Waals surface area contributed by atoms with Crippen LogP contribution in [0.15, 0.2) is 0 Å². The first-order valence-electron chi connectivity index (χ1n) is 5.66. The van der Waals surface area contributed by atoms with E-state index in [-0.39, 0.29) is 5.92 Å². The highest BCUT2D eigenvalue weighted by molar-refractivity contribution is 5.75. The lowest BCUT2D eigenvalue weighted by atomic mass is 10.0. The molecular formula is C11H19NO5. The van der Waals surface area contributed by atoms with E-state index >= 15 is 0 Å². The fourth-order valence-corrected chi connectivity index (χ4v) is 1.40. The summed E-state index contributed by atoms with van der Waals surface area (Å²) in [6.45, 7) is 6.19. The standard InChI is InChI=1S/C11H19NO5/c1-11(2,3)16-10(14)12-17-9(13)8-5-4-6-15-7-8/h8H,4-7H2,1-3H3,(H,12,14). The maximum Gasteiger partial charge on any atom is 0.441 e. The van der Waals surface area contributed by atoms with Crippen molar-refractivity contribution >= 4 is 12.1 Å². The molecule has 17 heavy (non-hydrogen) atoms. The van der Waals surface area contributed by atoms with Gasteiger partial charge in [0.15, 0.2) is 0 Å². The monoisotopic (exact) mass is 245 g/mol. The normalized spacial score (nSPS) is 20.5. The summed E-state index contributed by atoms with van der Waals surface area (Å²) < 4.78 is 10.1. The van der Waals surface area contributed by atoms with E-state index in [9.17, 15) is 9.59 Å². The molecule has 0 saturated carbocycles. The Kier molecular flexibility index (Phi) is 4.74. The van der Waals surface area contributed by atoms with Gasteiger partial charge in [-0.1, -0.05) is 0 Å². The zero-order valence-electron chi connectivity index (χ0n) is 10.4. The van der Waals surface area contributed by atoms with Crippen molar-refractivity contribution < 1.29 is 23.9 Å². The highest BCUT2D eigenvalue weighted by atomic mass is 16.7. The quantitative estimate of drug-likeness (QED) is 0.707. The van der Waals surface area contributed by atoms with Crippen LogP contribution < -0.4 is 5.48 Å². The summed E-state index contributed by atoms with van der Waals surface area (Å²) in [5.41, 5.74) is 1.35. The van der Waals surface area contributed by atoms with Crippen molar-refractivity contribution in [3.8, 4) is 0 Å². The molecule has 6 heteroatoms. The average molecular weight is 245 g/mol. The van der Waals surface area contributed by atoms with E-state index in [0.717, 1.165) is 12.8 Å². The van der Waals surface area contributed by atoms with Gasteiger partial charge < -0.3 is 14.3 Å². The molecule has 0 bridgehead atoms. The van der Waals surface area contributed by atoms with E-state index in [1.165, 1.54) is 0 Å². The zero-order valence-corrected chi connectivity index (χ0v) is 10.4. The second-order valence-corrected chi connectivity index (χ2v) is 4.94. The minimum Gasteiger partial charge on any atom is -0.442 e. The first-order chi connectivity index (χ1) is 7.88. The lowest BCUT2D eigenvalue weighted by Gasteiger charge is -2.21. The van der Waals surface area contributed by atoms with Crippen molar-refractivity contribution in [2.24, 2.45) is 5.92 Å². The summed E-state index contributed by atoms with van der Waals surface area (Å²) in [5, 5.41) is 0. The number of hydrogen-bond acceptors (Lipinski definition) is 5. The Morgan fingerprint density at radius 1 is 1.35 bits per heavy atom. The molecule has 1 saturated heterocycles. The number of hydrogen-bond donors (Lipinski definition) is 1. The molecule has 1 unspecified atom stereocenters. The molecule has 98 valence electrons. The number of amides is 1. The van der Waals surface area contributed by atoms with Gasteiger partial charge in [0.2, 0.25) is 0 Å². The van der Waals surface area contributed by atoms with Gasteiger partial charge in [0.25, 0.3) is 0 Å². The Morgan fingerprint density at radius 3 is 2.59 bits per heavy atom. The Morgan fingerprint density at radius 2 is 2.06 bits per heavy atom. The van der Waals surface area contributed by atoms with Crippen LogP contribution in [0.5, 0.6) is 0 Å². The molecular weight excluding hydrogens is 226 g/mol. The van der Waals surface area contributed by atoms with E-state index in [0.29, 0.717) is 13.2 Å². The third-order valence-corrected chi connectivity index (χ3v) is 2.13. The lowest BCUT2D eigenvalue weighted by Crippen LogP contribution is -2.37. The summed E-state index contributed by atoms with van der Waals surface area (Å²) in [6.07, 6.45) is 0.767. The third kappa shape index (κ3) is 5.53. The molecule has 0 spiro atoms. The summed E-state index contributed by atoms with van der Waals surface area (Å²) in [5.74, 6) is -0.797. The van der Waals surface area contributed by atoms with Crippen molar-refractivity contribution in [3.63, 3.8) is 0 Å². The Bertz CT molecular complexity index is 278. The van der Waals surface area contributed by atoms with E-state index in [1.54, 1.807) is 20.8 Å². The van der Waals surface area contributed by atoms with E-state index in [4.69, 9.17) is 9.47 Å². The van der Waals surface area contributed by atoms with Gasteiger partial charge >= 0.3 is 12.1 Å². The van der Waals surface area contributed by atoms with E-state index in [1.807, 2.05) is 5.48 Å². The SMILES string of the molecule is CC(C)(C)OC(=O)NOC(=O)C1CCCOC1. The zero-order chi connectivity index (χ0) is 12.9. The number of carbonyl (C=O) groups excluding carboxylic acids is 2. The van der Waals surface area contributed by atoms with Crippen molar-refractivity contribution in [2.45, 2.75) is 39.2 Å². The molecule has 0 aromatic heterocycles. The Labute approximate surface area is 101 Å². The van der Waals surface area contributed by atoms with Crippen molar-refractivity contribution in [2.75, 3.05) is 13.2 Å². The number of ether oxygens (including phenoxy) is 2. The maximum absolute atomic E-state index is 11.5. The maximum atomic E-state index is 11.5. The van der Waals surface area contributed by atoms with Crippen LogP contribution in [0.3, 0.4) is 0 Å². The van der Waals surface area contributed by atoms with E-state index < -0.39 is 17.7 Å². The predicted octanol–water partition coefficient (Wildman–Crippen LogP) is 1.40. The minimum atomic E-state index is -0.775. The molecule has 0 aliphatic carbocycles. The largest absolute Gasteiger partial charge is 0.442 e. The van der Waals surface area contributed by atoms with Crippen LogP contribution >= 0.6 is 0 Å². The fourth-order valence-electron chi connectivity index (χ4n) is 1.40. The van der Waals surface area contributed by atoms with Crippen LogP contribution in [0.1, 0.15) is 33.6 Å². The van der Waals surface area contributed by atoms with Crippen LogP contribution in [0.25, 0.3) is 0 Å². The van der Waals surface area contributed by atoms with Gasteiger partial charge in [0, 0.05) is 6.61 Å². The van der Waals surface area contributed by atoms with Gasteiger partial charge in [-0.2, -0.15) is 0 Å². The topological polar surface area (TPSA) is 73.9 Å². The predicted molar refractivity (Wildman–Crippen MR) is 59.0 cm³/mol. The average Bonchev–Trinajstić information content (AvgIpc) is 2.25. The molecule has 0 radical (unpaired) electrons. The molecule has 0 aromatic carbocycles. The Hall–Kier alpha value is -1.30. The molecule has 1 N–H and O–H groups in total. The van der Waals surface area contributed by atoms with Crippen LogP contribution in [-0.4, -0.2) is 30.9 Å². The number of hydroxylamine groups is 1. The molecule has 1 atom stereocenters. The first kappa shape index (κ1) is 13.8. The van der Waals surface area contributed by atoms with Gasteiger partial charge in [-0.05, 0) is 33.6 Å². The molecule has 1 rings (SSSR count). The van der Waals surface area contributed by atoms with E-state index in [2.05, 4.69) is 4.84 Å². The third-order valence-electron chi connectivity index (χ3n) is 2.13. The fraction of sp³-hybridized carbons (Fsp3) is 0.818. The first-order valence-corrected chi connectivity index (χ1v) is 5.66. The van der Waals surface area contributed by atoms with Gasteiger partial charge in [0.05, 0.1) is 12.5 Å². The summed E-state index contributed by atoms with van der Waals surface area (Å²) in [6, 6.07) is 0. The van der Waals surface area contributed by atoms with Crippen LogP contribution in [-0.2, 0) is 19.1 Å². The lowest BCUT2D eigenvalue weighted by molar-refractivity contribution is -0.159. The molecule has 0 aromatic rings. The Balaban J connectivity index is 2.25. The van der Waals surface area contributed by atoms with Crippen LogP contribution in [0.2, 0.25) is 0 Å².